The van der Waals surface area contributed by atoms with Crippen molar-refractivity contribution in [1.82, 2.24) is 19.6 Å². The highest BCUT2D eigenvalue weighted by molar-refractivity contribution is 9.10. The van der Waals surface area contributed by atoms with Crippen molar-refractivity contribution in [2.24, 2.45) is 23.2 Å². The lowest BCUT2D eigenvalue weighted by molar-refractivity contribution is -0.141. The predicted molar refractivity (Wildman–Crippen MR) is 105 cm³/mol. The molecule has 0 aliphatic heterocycles. The first-order valence-electron chi connectivity index (χ1n) is 9.61. The molecule has 3 aliphatic rings. The highest BCUT2D eigenvalue weighted by Crippen LogP contribution is 2.61. The van der Waals surface area contributed by atoms with Gasteiger partial charge in [-0.3, -0.25) is 9.48 Å². The smallest absolute Gasteiger partial charge is 0.380 e. The fourth-order valence-corrected chi connectivity index (χ4v) is 5.36. The van der Waals surface area contributed by atoms with Crippen LogP contribution in [0.1, 0.15) is 39.3 Å². The number of hydrogen-bond acceptors (Lipinski definition) is 4. The average molecular weight is 474 g/mol. The molecule has 1 N–H and O–H groups in total. The number of rotatable bonds is 4. The summed E-state index contributed by atoms with van der Waals surface area (Å²) in [6, 6.07) is 1.13. The van der Waals surface area contributed by atoms with Gasteiger partial charge in [-0.05, 0) is 58.0 Å². The van der Waals surface area contributed by atoms with Crippen molar-refractivity contribution in [3.05, 3.63) is 39.0 Å². The Hall–Kier alpha value is -1.84. The molecule has 0 radical (unpaired) electrons. The number of anilines is 1. The van der Waals surface area contributed by atoms with Gasteiger partial charge in [0.1, 0.15) is 11.1 Å². The van der Waals surface area contributed by atoms with Gasteiger partial charge in [-0.15, -0.1) is 0 Å². The Balaban J connectivity index is 1.50. The maximum Gasteiger partial charge on any atom is 0.435 e. The summed E-state index contributed by atoms with van der Waals surface area (Å²) in [6.45, 7) is 6.71. The van der Waals surface area contributed by atoms with Gasteiger partial charge in [-0.2, -0.15) is 23.4 Å². The van der Waals surface area contributed by atoms with Crippen molar-refractivity contribution in [3.8, 4) is 0 Å². The Bertz CT molecular complexity index is 983. The van der Waals surface area contributed by atoms with Gasteiger partial charge >= 0.3 is 6.18 Å². The number of nitrogens with one attached hydrogen (secondary N) is 1. The largest absolute Gasteiger partial charge is 0.435 e. The molecule has 4 atom stereocenters. The predicted octanol–water partition coefficient (Wildman–Crippen LogP) is 4.21. The average Bonchev–Trinajstić information content (AvgIpc) is 3.11. The van der Waals surface area contributed by atoms with Crippen molar-refractivity contribution in [1.29, 1.82) is 0 Å². The van der Waals surface area contributed by atoms with E-state index < -0.39 is 17.4 Å². The zero-order valence-electron chi connectivity index (χ0n) is 16.4. The van der Waals surface area contributed by atoms with E-state index in [1.54, 1.807) is 0 Å². The Morgan fingerprint density at radius 2 is 2.07 bits per heavy atom. The SMILES string of the molecule is C[C@@H]1C2CC(C[C@H]1Nc1cnn(Cn3ccc(C(F)(F)F)n3)c(=O)c1Br)C2(C)C. The van der Waals surface area contributed by atoms with Crippen LogP contribution in [0, 0.1) is 23.2 Å². The number of aromatic nitrogens is 4. The molecule has 29 heavy (non-hydrogen) atoms. The molecule has 0 amide bonds. The lowest BCUT2D eigenvalue weighted by Crippen LogP contribution is -2.58. The third-order valence-corrected chi connectivity index (χ3v) is 7.66. The van der Waals surface area contributed by atoms with Crippen molar-refractivity contribution < 1.29 is 13.2 Å². The summed E-state index contributed by atoms with van der Waals surface area (Å²) in [5.74, 6) is 1.82. The number of fused-ring (bicyclic) bond motifs is 2. The second-order valence-corrected chi connectivity index (χ2v) is 9.56. The molecule has 2 bridgehead atoms. The van der Waals surface area contributed by atoms with Crippen molar-refractivity contribution in [3.63, 3.8) is 0 Å². The first-order valence-corrected chi connectivity index (χ1v) is 10.4. The van der Waals surface area contributed by atoms with Crippen LogP contribution in [0.25, 0.3) is 0 Å². The summed E-state index contributed by atoms with van der Waals surface area (Å²) in [7, 11) is 0. The van der Waals surface area contributed by atoms with Gasteiger partial charge in [0.15, 0.2) is 5.69 Å². The number of hydrogen-bond donors (Lipinski definition) is 1. The Morgan fingerprint density at radius 3 is 2.66 bits per heavy atom. The fourth-order valence-electron chi connectivity index (χ4n) is 4.94. The summed E-state index contributed by atoms with van der Waals surface area (Å²) < 4.78 is 40.5. The highest BCUT2D eigenvalue weighted by atomic mass is 79.9. The van der Waals surface area contributed by atoms with E-state index in [4.69, 9.17) is 0 Å². The molecule has 0 aromatic carbocycles. The summed E-state index contributed by atoms with van der Waals surface area (Å²) in [5.41, 5.74) is -0.447. The van der Waals surface area contributed by atoms with Gasteiger partial charge in [0.25, 0.3) is 5.56 Å². The van der Waals surface area contributed by atoms with Crippen LogP contribution in [0.15, 0.2) is 27.7 Å². The lowest BCUT2D eigenvalue weighted by Gasteiger charge is -2.62. The Labute approximate surface area is 174 Å². The molecular formula is C19H23BrF3N5O. The van der Waals surface area contributed by atoms with E-state index in [0.29, 0.717) is 33.3 Å². The van der Waals surface area contributed by atoms with E-state index in [0.717, 1.165) is 21.9 Å². The van der Waals surface area contributed by atoms with E-state index in [1.165, 1.54) is 18.8 Å². The standard InChI is InChI=1S/C19H23BrF3N5O/c1-10-12-6-11(18(12,2)3)7-13(10)25-14-8-24-28(17(29)16(14)20)9-27-5-4-15(26-27)19(21,22)23/h4-5,8,10-13,25H,6-7,9H2,1-3H3/t10-,11?,12?,13-/m1/s1. The number of nitrogens with zero attached hydrogens (tertiary/aromatic N) is 4. The number of halogens is 4. The highest BCUT2D eigenvalue weighted by Gasteiger charge is 2.56. The molecule has 2 unspecified atom stereocenters. The third kappa shape index (κ3) is 3.49. The molecule has 10 heteroatoms. The van der Waals surface area contributed by atoms with Crippen LogP contribution in [0.3, 0.4) is 0 Å². The number of alkyl halides is 3. The topological polar surface area (TPSA) is 64.7 Å². The van der Waals surface area contributed by atoms with Gasteiger partial charge < -0.3 is 5.32 Å². The van der Waals surface area contributed by atoms with Crippen LogP contribution in [-0.4, -0.2) is 25.6 Å². The van der Waals surface area contributed by atoms with Crippen LogP contribution in [-0.2, 0) is 12.8 Å². The molecule has 2 aromatic heterocycles. The second-order valence-electron chi connectivity index (χ2n) is 8.76. The van der Waals surface area contributed by atoms with Gasteiger partial charge in [-0.1, -0.05) is 20.8 Å². The zero-order valence-corrected chi connectivity index (χ0v) is 18.0. The molecule has 2 aromatic rings. The van der Waals surface area contributed by atoms with Gasteiger partial charge in [0, 0.05) is 12.2 Å². The fraction of sp³-hybridized carbons (Fsp3) is 0.632. The van der Waals surface area contributed by atoms with Crippen LogP contribution in [0.4, 0.5) is 18.9 Å². The van der Waals surface area contributed by atoms with Gasteiger partial charge in [0.05, 0.1) is 11.9 Å². The van der Waals surface area contributed by atoms with Crippen molar-refractivity contribution in [2.45, 2.75) is 52.5 Å². The van der Waals surface area contributed by atoms with E-state index in [1.807, 2.05) is 0 Å². The van der Waals surface area contributed by atoms with Crippen molar-refractivity contribution in [2.75, 3.05) is 5.32 Å². The van der Waals surface area contributed by atoms with Gasteiger partial charge in [-0.25, -0.2) is 4.68 Å². The molecule has 6 nitrogen and oxygen atoms in total. The maximum atomic E-state index is 12.7. The van der Waals surface area contributed by atoms with Crippen LogP contribution >= 0.6 is 15.9 Å². The normalized spacial score (nSPS) is 28.1. The summed E-state index contributed by atoms with van der Waals surface area (Å²) in [6.07, 6.45) is 0.501. The summed E-state index contributed by atoms with van der Waals surface area (Å²) in [5, 5.41) is 11.0. The molecule has 5 rings (SSSR count). The molecule has 3 aliphatic carbocycles. The van der Waals surface area contributed by atoms with Crippen molar-refractivity contribution >= 4 is 21.6 Å². The van der Waals surface area contributed by atoms with Crippen LogP contribution < -0.4 is 10.9 Å². The van der Waals surface area contributed by atoms with Gasteiger partial charge in [0.2, 0.25) is 0 Å². The molecule has 3 saturated carbocycles. The summed E-state index contributed by atoms with van der Waals surface area (Å²) in [4.78, 5) is 12.6. The first kappa shape index (κ1) is 20.4. The van der Waals surface area contributed by atoms with E-state index in [9.17, 15) is 18.0 Å². The zero-order chi connectivity index (χ0) is 21.1. The molecular weight excluding hydrogens is 451 g/mol. The minimum atomic E-state index is -4.52. The maximum absolute atomic E-state index is 12.7. The molecule has 2 heterocycles. The Morgan fingerprint density at radius 1 is 1.34 bits per heavy atom. The molecule has 158 valence electrons. The first-order chi connectivity index (χ1) is 13.5. The van der Waals surface area contributed by atoms with E-state index >= 15 is 0 Å². The van der Waals surface area contributed by atoms with Crippen LogP contribution in [0.5, 0.6) is 0 Å². The minimum absolute atomic E-state index is 0.202. The van der Waals surface area contributed by atoms with Crippen LogP contribution in [0.2, 0.25) is 0 Å². The molecule has 0 spiro atoms. The minimum Gasteiger partial charge on any atom is -0.380 e. The van der Waals surface area contributed by atoms with E-state index in [-0.39, 0.29) is 12.7 Å². The quantitative estimate of drug-likeness (QED) is 0.722. The third-order valence-electron chi connectivity index (χ3n) is 6.89. The Kier molecular flexibility index (Phi) is 4.83. The monoisotopic (exact) mass is 473 g/mol. The van der Waals surface area contributed by atoms with E-state index in [2.05, 4.69) is 52.2 Å². The lowest BCUT2D eigenvalue weighted by atomic mass is 9.45. The molecule has 0 saturated heterocycles. The second kappa shape index (κ2) is 6.85. The summed E-state index contributed by atoms with van der Waals surface area (Å²) >= 11 is 3.33. The molecule has 3 fully saturated rings.